The molecule has 0 amide bonds. The average molecular weight is 376 g/mol. The molecule has 0 bridgehead atoms. The number of aliphatic imine (C=N–C) groups is 4. The minimum absolute atomic E-state index is 0. The van der Waals surface area contributed by atoms with Crippen LogP contribution in [0.4, 0.5) is 0 Å². The zero-order chi connectivity index (χ0) is 16.5. The number of nitrogens with one attached hydrogen (secondary N) is 4. The van der Waals surface area contributed by atoms with Gasteiger partial charge in [0.25, 0.3) is 0 Å². The number of hydrogen-bond donors (Lipinski definition) is 4. The summed E-state index contributed by atoms with van der Waals surface area (Å²) in [6, 6.07) is 0. The summed E-state index contributed by atoms with van der Waals surface area (Å²) in [4.78, 5) is 14.0. The van der Waals surface area contributed by atoms with E-state index < -0.39 is 0 Å². The second-order valence-corrected chi connectivity index (χ2v) is 2.34. The molecule has 21 heavy (non-hydrogen) atoms. The smallest absolute Gasteiger partial charge is 0.553 e. The summed E-state index contributed by atoms with van der Waals surface area (Å²) in [5.41, 5.74) is 0. The van der Waals surface area contributed by atoms with Gasteiger partial charge in [-0.2, -0.15) is 0 Å². The van der Waals surface area contributed by atoms with Crippen molar-refractivity contribution in [3.8, 4) is 0 Å². The Hall–Kier alpha value is -1.24. The summed E-state index contributed by atoms with van der Waals surface area (Å²) >= 11 is 0. The van der Waals surface area contributed by atoms with Crippen LogP contribution in [0.2, 0.25) is 0 Å². The summed E-state index contributed by atoms with van der Waals surface area (Å²) in [5.74, 6) is 0. The zero-order valence-electron chi connectivity index (χ0n) is 14.3. The van der Waals surface area contributed by atoms with E-state index in [0.717, 1.165) is 0 Å². The Bertz CT molecular complexity index is 181. The third-order valence-corrected chi connectivity index (χ3v) is 0.894. The standard InChI is InChI=1S/4C3H7N2.Zr/c4*1-4-3-5-2;/h4*1-2H3,(H,4,5);/q4*-1;+4. The summed E-state index contributed by atoms with van der Waals surface area (Å²) in [7, 11) is 13.7. The monoisotopic (exact) mass is 374 g/mol. The Labute approximate surface area is 149 Å². The van der Waals surface area contributed by atoms with Crippen LogP contribution >= 0.6 is 0 Å². The van der Waals surface area contributed by atoms with Gasteiger partial charge in [-0.1, -0.05) is 0 Å². The summed E-state index contributed by atoms with van der Waals surface area (Å²) in [6.45, 7) is 0. The molecule has 4 N–H and O–H groups in total. The van der Waals surface area contributed by atoms with Crippen molar-refractivity contribution in [2.24, 2.45) is 20.0 Å². The Morgan fingerprint density at radius 3 is 0.619 bits per heavy atom. The van der Waals surface area contributed by atoms with E-state index in [1.165, 1.54) is 0 Å². The second kappa shape index (κ2) is 51.1. The quantitative estimate of drug-likeness (QED) is 0.218. The van der Waals surface area contributed by atoms with Crippen LogP contribution in [0.1, 0.15) is 0 Å². The van der Waals surface area contributed by atoms with Gasteiger partial charge in [-0.15, -0.1) is 0 Å². The number of hydrogen-bond acceptors (Lipinski definition) is 4. The van der Waals surface area contributed by atoms with E-state index in [-0.39, 0.29) is 26.2 Å². The van der Waals surface area contributed by atoms with Crippen molar-refractivity contribution in [1.82, 2.24) is 21.3 Å². The number of nitrogens with zero attached hydrogens (tertiary/aromatic N) is 4. The molecule has 0 spiro atoms. The van der Waals surface area contributed by atoms with Crippen molar-refractivity contribution in [1.29, 1.82) is 0 Å². The van der Waals surface area contributed by atoms with Gasteiger partial charge in [0.15, 0.2) is 0 Å². The van der Waals surface area contributed by atoms with Gasteiger partial charge in [-0.3, -0.25) is 0 Å². The molecule has 0 aliphatic rings. The predicted octanol–water partition coefficient (Wildman–Crippen LogP) is -1.04. The van der Waals surface area contributed by atoms with Gasteiger partial charge in [0.1, 0.15) is 0 Å². The minimum Gasteiger partial charge on any atom is -0.553 e. The van der Waals surface area contributed by atoms with Gasteiger partial charge in [-0.05, 0) is 56.4 Å². The van der Waals surface area contributed by atoms with Crippen LogP contribution < -0.4 is 21.3 Å². The van der Waals surface area contributed by atoms with Crippen LogP contribution in [0, 0.1) is 0 Å². The van der Waals surface area contributed by atoms with Crippen molar-refractivity contribution < 1.29 is 26.2 Å². The Morgan fingerprint density at radius 2 is 0.619 bits per heavy atom. The van der Waals surface area contributed by atoms with Crippen LogP contribution in [0.3, 0.4) is 0 Å². The van der Waals surface area contributed by atoms with E-state index in [1.54, 1.807) is 56.4 Å². The molecule has 120 valence electrons. The first kappa shape index (κ1) is 31.9. The Kier molecular flexibility index (Phi) is 77.7. The Balaban J connectivity index is -0.0000000533. The van der Waals surface area contributed by atoms with Gasteiger partial charge in [0.05, 0.1) is 0 Å². The molecule has 8 nitrogen and oxygen atoms in total. The molecule has 9 heteroatoms. The fraction of sp³-hybridized carbons (Fsp3) is 0.667. The SMILES string of the molecule is CN=[C-]NC.CN=[C-]NC.CN=[C-]NC.CN=[C-]NC.[Zr+4]. The molecule has 0 saturated carbocycles. The van der Waals surface area contributed by atoms with Crippen LogP contribution in [-0.2, 0) is 26.2 Å². The van der Waals surface area contributed by atoms with Gasteiger partial charge in [0, 0.05) is 0 Å². The van der Waals surface area contributed by atoms with Crippen molar-refractivity contribution in [2.75, 3.05) is 56.4 Å². The van der Waals surface area contributed by atoms with Gasteiger partial charge in [0.2, 0.25) is 0 Å². The zero-order valence-corrected chi connectivity index (χ0v) is 16.7. The molecule has 0 aromatic heterocycles. The summed E-state index contributed by atoms with van der Waals surface area (Å²) < 4.78 is 0. The molecule has 0 fully saturated rings. The molecule has 0 radical (unpaired) electrons. The summed E-state index contributed by atoms with van der Waals surface area (Å²) in [5, 5.41) is 10.4. The first-order chi connectivity index (χ1) is 9.66. The largest absolute Gasteiger partial charge is 4.00 e. The maximum Gasteiger partial charge on any atom is 4.00 e. The molecule has 0 aromatic carbocycles. The van der Waals surface area contributed by atoms with Gasteiger partial charge in [-0.25, -0.2) is 0 Å². The van der Waals surface area contributed by atoms with Crippen molar-refractivity contribution in [3.05, 3.63) is 0 Å². The summed E-state index contributed by atoms with van der Waals surface area (Å²) in [6.07, 6.45) is 9.94. The molecular weight excluding hydrogens is 347 g/mol. The van der Waals surface area contributed by atoms with Crippen LogP contribution in [-0.4, -0.2) is 81.7 Å². The molecule has 0 unspecified atom stereocenters. The van der Waals surface area contributed by atoms with Crippen LogP contribution in [0.15, 0.2) is 20.0 Å². The molecule has 0 heterocycles. The normalized spacial score (nSPS) is 8.76. The Morgan fingerprint density at radius 1 is 0.476 bits per heavy atom. The fourth-order valence-corrected chi connectivity index (χ4v) is 0.447. The molecule has 0 atom stereocenters. The van der Waals surface area contributed by atoms with Gasteiger partial charge < -0.3 is 66.6 Å². The molecule has 0 aromatic rings. The second-order valence-electron chi connectivity index (χ2n) is 2.34. The third-order valence-electron chi connectivity index (χ3n) is 0.894. The molecule has 0 aliphatic heterocycles. The van der Waals surface area contributed by atoms with Crippen LogP contribution in [0.25, 0.3) is 0 Å². The molecule has 0 aliphatic carbocycles. The van der Waals surface area contributed by atoms with E-state index in [0.29, 0.717) is 0 Å². The number of rotatable bonds is 4. The van der Waals surface area contributed by atoms with Gasteiger partial charge >= 0.3 is 26.2 Å². The maximum absolute atomic E-state index is 3.49. The van der Waals surface area contributed by atoms with E-state index >= 15 is 0 Å². The fourth-order valence-electron chi connectivity index (χ4n) is 0.447. The van der Waals surface area contributed by atoms with Crippen molar-refractivity contribution in [3.63, 3.8) is 0 Å². The molecular formula is C12H28N8Zr. The van der Waals surface area contributed by atoms with E-state index in [4.69, 9.17) is 0 Å². The molecule has 0 saturated heterocycles. The maximum atomic E-state index is 3.49. The topological polar surface area (TPSA) is 97.6 Å². The predicted molar refractivity (Wildman–Crippen MR) is 89.7 cm³/mol. The van der Waals surface area contributed by atoms with Crippen molar-refractivity contribution >= 4 is 25.4 Å². The van der Waals surface area contributed by atoms with E-state index in [1.807, 2.05) is 0 Å². The van der Waals surface area contributed by atoms with Crippen molar-refractivity contribution in [2.45, 2.75) is 0 Å². The van der Waals surface area contributed by atoms with E-state index in [2.05, 4.69) is 66.6 Å². The minimum atomic E-state index is 0. The third kappa shape index (κ3) is 115. The average Bonchev–Trinajstić information content (AvgIpc) is 2.44. The van der Waals surface area contributed by atoms with Crippen LogP contribution in [0.5, 0.6) is 0 Å². The molecule has 0 rings (SSSR count). The first-order valence-corrected chi connectivity index (χ1v) is 5.68. The van der Waals surface area contributed by atoms with E-state index in [9.17, 15) is 0 Å². The first-order valence-electron chi connectivity index (χ1n) is 5.68.